The zero-order chi connectivity index (χ0) is 11.6. The fourth-order valence-electron chi connectivity index (χ4n) is 1.44. The average molecular weight is 263 g/mol. The summed E-state index contributed by atoms with van der Waals surface area (Å²) in [5.41, 5.74) is 1.13. The molecule has 0 aliphatic rings. The predicted molar refractivity (Wildman–Crippen MR) is 71.5 cm³/mol. The Bertz CT molecular complexity index is 256. The molecule has 0 aliphatic heterocycles. The summed E-state index contributed by atoms with van der Waals surface area (Å²) in [5.74, 6) is 0. The number of hydrogen-bond donors (Lipinski definition) is 2. The van der Waals surface area contributed by atoms with Crippen molar-refractivity contribution in [2.75, 3.05) is 40.4 Å². The molecule has 100 valence electrons. The summed E-state index contributed by atoms with van der Waals surface area (Å²) < 4.78 is 5.02. The van der Waals surface area contributed by atoms with Crippen LogP contribution in [0, 0.1) is 0 Å². The third-order valence-electron chi connectivity index (χ3n) is 2.44. The van der Waals surface area contributed by atoms with Crippen molar-refractivity contribution in [1.82, 2.24) is 20.2 Å². The molecule has 17 heavy (non-hydrogen) atoms. The first-order chi connectivity index (χ1) is 7.83. The Morgan fingerprint density at radius 2 is 2.29 bits per heavy atom. The molecule has 0 saturated heterocycles. The Kier molecular flexibility index (Phi) is 10.1. The minimum Gasteiger partial charge on any atom is -0.383 e. The Morgan fingerprint density at radius 3 is 2.94 bits per heavy atom. The molecule has 0 fully saturated rings. The number of methoxy groups -OCH3 is 1. The average Bonchev–Trinajstić information content (AvgIpc) is 2.79. The van der Waals surface area contributed by atoms with E-state index in [0.29, 0.717) is 0 Å². The van der Waals surface area contributed by atoms with Gasteiger partial charge in [-0.15, -0.1) is 12.4 Å². The molecule has 1 aromatic heterocycles. The molecule has 0 amide bonds. The van der Waals surface area contributed by atoms with Gasteiger partial charge < -0.3 is 19.9 Å². The zero-order valence-corrected chi connectivity index (χ0v) is 11.4. The molecule has 0 bridgehead atoms. The van der Waals surface area contributed by atoms with E-state index < -0.39 is 0 Å². The second-order valence-electron chi connectivity index (χ2n) is 3.90. The Labute approximate surface area is 109 Å². The van der Waals surface area contributed by atoms with Crippen molar-refractivity contribution in [3.63, 3.8) is 0 Å². The van der Waals surface area contributed by atoms with Gasteiger partial charge in [-0.25, -0.2) is 4.98 Å². The maximum absolute atomic E-state index is 5.02. The van der Waals surface area contributed by atoms with Crippen LogP contribution in [0.3, 0.4) is 0 Å². The molecule has 1 aromatic rings. The van der Waals surface area contributed by atoms with Crippen LogP contribution in [0.15, 0.2) is 12.5 Å². The van der Waals surface area contributed by atoms with Crippen molar-refractivity contribution < 1.29 is 4.74 Å². The number of rotatable bonds is 9. The quantitative estimate of drug-likeness (QED) is 0.649. The SMILES string of the molecule is COCCN(C)CCCNCc1cnc[nH]1.Cl. The van der Waals surface area contributed by atoms with Crippen molar-refractivity contribution in [1.29, 1.82) is 0 Å². The van der Waals surface area contributed by atoms with Crippen molar-refractivity contribution in [2.45, 2.75) is 13.0 Å². The molecule has 2 N–H and O–H groups in total. The first kappa shape index (κ1) is 16.4. The number of H-pyrrole nitrogens is 1. The van der Waals surface area contributed by atoms with Gasteiger partial charge in [0.05, 0.1) is 12.9 Å². The molecule has 0 aromatic carbocycles. The van der Waals surface area contributed by atoms with Crippen LogP contribution in [0.25, 0.3) is 0 Å². The summed E-state index contributed by atoms with van der Waals surface area (Å²) in [6.45, 7) is 4.78. The lowest BCUT2D eigenvalue weighted by molar-refractivity contribution is 0.160. The van der Waals surface area contributed by atoms with Gasteiger partial charge in [0.25, 0.3) is 0 Å². The number of halogens is 1. The lowest BCUT2D eigenvalue weighted by Crippen LogP contribution is -2.26. The van der Waals surface area contributed by atoms with Crippen LogP contribution >= 0.6 is 12.4 Å². The number of hydrogen-bond acceptors (Lipinski definition) is 4. The highest BCUT2D eigenvalue weighted by atomic mass is 35.5. The van der Waals surface area contributed by atoms with E-state index in [4.69, 9.17) is 4.74 Å². The van der Waals surface area contributed by atoms with Gasteiger partial charge in [-0.1, -0.05) is 0 Å². The van der Waals surface area contributed by atoms with E-state index in [9.17, 15) is 0 Å². The summed E-state index contributed by atoms with van der Waals surface area (Å²) in [7, 11) is 3.85. The van der Waals surface area contributed by atoms with Crippen LogP contribution < -0.4 is 5.32 Å². The molecule has 0 radical (unpaired) electrons. The fourth-order valence-corrected chi connectivity index (χ4v) is 1.44. The summed E-state index contributed by atoms with van der Waals surface area (Å²) in [6.07, 6.45) is 4.70. The topological polar surface area (TPSA) is 53.2 Å². The largest absolute Gasteiger partial charge is 0.383 e. The second kappa shape index (κ2) is 10.5. The van der Waals surface area contributed by atoms with Crippen LogP contribution in [0.4, 0.5) is 0 Å². The van der Waals surface area contributed by atoms with Crippen LogP contribution in [0.5, 0.6) is 0 Å². The number of imidazole rings is 1. The predicted octanol–water partition coefficient (Wildman–Crippen LogP) is 0.889. The normalized spacial score (nSPS) is 10.5. The summed E-state index contributed by atoms with van der Waals surface area (Å²) in [5, 5.41) is 3.37. The summed E-state index contributed by atoms with van der Waals surface area (Å²) >= 11 is 0. The van der Waals surface area contributed by atoms with Crippen LogP contribution in [0.1, 0.15) is 12.1 Å². The molecular weight excluding hydrogens is 240 g/mol. The number of likely N-dealkylation sites (N-methyl/N-ethyl adjacent to an activating group) is 1. The van der Waals surface area contributed by atoms with E-state index >= 15 is 0 Å². The molecule has 0 unspecified atom stereocenters. The van der Waals surface area contributed by atoms with Gasteiger partial charge in [-0.2, -0.15) is 0 Å². The van der Waals surface area contributed by atoms with Gasteiger partial charge in [0.2, 0.25) is 0 Å². The smallest absolute Gasteiger partial charge is 0.0922 e. The summed E-state index contributed by atoms with van der Waals surface area (Å²) in [4.78, 5) is 9.31. The van der Waals surface area contributed by atoms with Gasteiger partial charge in [-0.3, -0.25) is 0 Å². The Balaban J connectivity index is 0.00000256. The molecule has 1 heterocycles. The molecular formula is C11H23ClN4O. The van der Waals surface area contributed by atoms with Gasteiger partial charge in [-0.05, 0) is 26.6 Å². The third kappa shape index (κ3) is 8.15. The van der Waals surface area contributed by atoms with Gasteiger partial charge in [0.1, 0.15) is 0 Å². The van der Waals surface area contributed by atoms with E-state index in [1.54, 1.807) is 13.4 Å². The molecule has 0 spiro atoms. The number of aromatic amines is 1. The van der Waals surface area contributed by atoms with E-state index in [2.05, 4.69) is 27.2 Å². The van der Waals surface area contributed by atoms with Crippen molar-refractivity contribution in [3.8, 4) is 0 Å². The minimum absolute atomic E-state index is 0. The number of nitrogens with zero attached hydrogens (tertiary/aromatic N) is 2. The van der Waals surface area contributed by atoms with E-state index in [0.717, 1.165) is 44.9 Å². The summed E-state index contributed by atoms with van der Waals surface area (Å²) in [6, 6.07) is 0. The van der Waals surface area contributed by atoms with Gasteiger partial charge in [0, 0.05) is 32.1 Å². The van der Waals surface area contributed by atoms with Crippen LogP contribution in [0.2, 0.25) is 0 Å². The second-order valence-corrected chi connectivity index (χ2v) is 3.90. The monoisotopic (exact) mass is 262 g/mol. The standard InChI is InChI=1S/C11H22N4O.ClH/c1-15(6-7-16-2)5-3-4-12-8-11-9-13-10-14-11;/h9-10,12H,3-8H2,1-2H3,(H,13,14);1H. The maximum atomic E-state index is 5.02. The van der Waals surface area contributed by atoms with Crippen LogP contribution in [-0.4, -0.2) is 55.3 Å². The van der Waals surface area contributed by atoms with E-state index in [1.165, 1.54) is 0 Å². The number of ether oxygens (including phenoxy) is 1. The van der Waals surface area contributed by atoms with E-state index in [-0.39, 0.29) is 12.4 Å². The molecule has 0 saturated carbocycles. The van der Waals surface area contributed by atoms with Gasteiger partial charge in [0.15, 0.2) is 0 Å². The fraction of sp³-hybridized carbons (Fsp3) is 0.727. The zero-order valence-electron chi connectivity index (χ0n) is 10.6. The highest BCUT2D eigenvalue weighted by Crippen LogP contribution is 1.90. The third-order valence-corrected chi connectivity index (χ3v) is 2.44. The molecule has 6 heteroatoms. The van der Waals surface area contributed by atoms with Crippen molar-refractivity contribution in [3.05, 3.63) is 18.2 Å². The molecule has 5 nitrogen and oxygen atoms in total. The van der Waals surface area contributed by atoms with Gasteiger partial charge >= 0.3 is 0 Å². The lowest BCUT2D eigenvalue weighted by Gasteiger charge is -2.15. The van der Waals surface area contributed by atoms with Crippen LogP contribution in [-0.2, 0) is 11.3 Å². The van der Waals surface area contributed by atoms with Crippen molar-refractivity contribution in [2.24, 2.45) is 0 Å². The lowest BCUT2D eigenvalue weighted by atomic mass is 10.3. The molecule has 0 atom stereocenters. The maximum Gasteiger partial charge on any atom is 0.0922 e. The first-order valence-corrected chi connectivity index (χ1v) is 5.68. The number of aromatic nitrogens is 2. The highest BCUT2D eigenvalue weighted by Gasteiger charge is 1.97. The Morgan fingerprint density at radius 1 is 1.47 bits per heavy atom. The highest BCUT2D eigenvalue weighted by molar-refractivity contribution is 5.85. The van der Waals surface area contributed by atoms with Crippen molar-refractivity contribution >= 4 is 12.4 Å². The molecule has 1 rings (SSSR count). The Hall–Kier alpha value is -0.620. The molecule has 0 aliphatic carbocycles. The minimum atomic E-state index is 0. The first-order valence-electron chi connectivity index (χ1n) is 5.68. The number of nitrogens with one attached hydrogen (secondary N) is 2. The van der Waals surface area contributed by atoms with E-state index in [1.807, 2.05) is 6.20 Å².